The third-order valence-corrected chi connectivity index (χ3v) is 4.41. The van der Waals surface area contributed by atoms with Gasteiger partial charge in [-0.15, -0.1) is 5.10 Å². The number of benzene rings is 1. The van der Waals surface area contributed by atoms with Crippen molar-refractivity contribution in [2.45, 2.75) is 33.7 Å². The molecule has 20 heavy (non-hydrogen) atoms. The fourth-order valence-corrected chi connectivity index (χ4v) is 2.44. The number of hydrogen-bond acceptors (Lipinski definition) is 3. The summed E-state index contributed by atoms with van der Waals surface area (Å²) in [7, 11) is 0. The van der Waals surface area contributed by atoms with Gasteiger partial charge in [-0.2, -0.15) is 0 Å². The minimum atomic E-state index is -0.162. The normalized spacial score (nSPS) is 11.8. The Kier molecular flexibility index (Phi) is 4.60. The third kappa shape index (κ3) is 3.67. The van der Waals surface area contributed by atoms with Crippen LogP contribution in [0.4, 0.5) is 0 Å². The van der Waals surface area contributed by atoms with Gasteiger partial charge in [-0.1, -0.05) is 53.2 Å². The fourth-order valence-electron chi connectivity index (χ4n) is 2.05. The van der Waals surface area contributed by atoms with Crippen LogP contribution in [0.3, 0.4) is 0 Å². The van der Waals surface area contributed by atoms with E-state index < -0.39 is 0 Å². The Morgan fingerprint density at radius 2 is 2.10 bits per heavy atom. The molecule has 1 heterocycles. The molecule has 0 amide bonds. The Hall–Kier alpha value is -1.20. The van der Waals surface area contributed by atoms with Gasteiger partial charge in [0.05, 0.1) is 12.2 Å². The second kappa shape index (κ2) is 6.06. The minimum absolute atomic E-state index is 0.142. The van der Waals surface area contributed by atoms with E-state index in [-0.39, 0.29) is 12.0 Å². The largest absolute Gasteiger partial charge is 0.396 e. The summed E-state index contributed by atoms with van der Waals surface area (Å²) in [6, 6.07) is 6.20. The zero-order chi connectivity index (χ0) is 14.8. The molecule has 108 valence electrons. The van der Waals surface area contributed by atoms with E-state index in [1.807, 2.05) is 30.8 Å². The van der Waals surface area contributed by atoms with Crippen molar-refractivity contribution in [2.24, 2.45) is 5.41 Å². The van der Waals surface area contributed by atoms with Gasteiger partial charge in [0, 0.05) is 23.7 Å². The van der Waals surface area contributed by atoms with Gasteiger partial charge < -0.3 is 5.11 Å². The number of aliphatic hydroxyl groups is 1. The van der Waals surface area contributed by atoms with Crippen LogP contribution in [-0.2, 0) is 13.0 Å². The molecule has 0 bridgehead atoms. The van der Waals surface area contributed by atoms with Crippen LogP contribution in [0, 0.1) is 12.3 Å². The van der Waals surface area contributed by atoms with Crippen LogP contribution in [0.1, 0.15) is 30.7 Å². The molecule has 5 heteroatoms. The van der Waals surface area contributed by atoms with Crippen molar-refractivity contribution >= 4 is 15.9 Å². The number of aromatic nitrogens is 3. The maximum atomic E-state index is 9.30. The maximum Gasteiger partial charge on any atom is 0.0833 e. The summed E-state index contributed by atoms with van der Waals surface area (Å²) in [4.78, 5) is 0. The van der Waals surface area contributed by atoms with Crippen molar-refractivity contribution in [2.75, 3.05) is 6.61 Å². The molecule has 2 rings (SSSR count). The van der Waals surface area contributed by atoms with Crippen molar-refractivity contribution in [3.8, 4) is 0 Å². The Balaban J connectivity index is 2.12. The van der Waals surface area contributed by atoms with Crippen molar-refractivity contribution in [3.63, 3.8) is 0 Å². The summed E-state index contributed by atoms with van der Waals surface area (Å²) >= 11 is 3.61. The predicted molar refractivity (Wildman–Crippen MR) is 82.6 cm³/mol. The maximum absolute atomic E-state index is 9.30. The van der Waals surface area contributed by atoms with Gasteiger partial charge in [-0.05, 0) is 23.5 Å². The highest BCUT2D eigenvalue weighted by Crippen LogP contribution is 2.22. The van der Waals surface area contributed by atoms with Gasteiger partial charge in [0.25, 0.3) is 0 Å². The first kappa shape index (κ1) is 15.2. The van der Waals surface area contributed by atoms with Crippen LogP contribution in [0.15, 0.2) is 28.9 Å². The molecule has 0 unspecified atom stereocenters. The summed E-state index contributed by atoms with van der Waals surface area (Å²) in [5.41, 5.74) is 3.14. The summed E-state index contributed by atoms with van der Waals surface area (Å²) in [5.74, 6) is 0. The molecule has 0 aliphatic rings. The summed E-state index contributed by atoms with van der Waals surface area (Å²) in [5, 5.41) is 17.7. The minimum Gasteiger partial charge on any atom is -0.396 e. The number of rotatable bonds is 5. The van der Waals surface area contributed by atoms with Crippen LogP contribution in [0.25, 0.3) is 0 Å². The smallest absolute Gasteiger partial charge is 0.0833 e. The van der Waals surface area contributed by atoms with E-state index in [0.717, 1.165) is 16.6 Å². The fraction of sp³-hybridized carbons (Fsp3) is 0.467. The second-order valence-electron chi connectivity index (χ2n) is 5.95. The van der Waals surface area contributed by atoms with Crippen molar-refractivity contribution < 1.29 is 5.11 Å². The lowest BCUT2D eigenvalue weighted by molar-refractivity contribution is 0.158. The standard InChI is InChI=1S/C15H20BrN3O/c1-11-5-4-6-12(14(11)16)8-19-9-13(17-18-19)7-15(2,3)10-20/h4-6,9,20H,7-8,10H2,1-3H3. The quantitative estimate of drug-likeness (QED) is 0.912. The molecule has 0 radical (unpaired) electrons. The van der Waals surface area contributed by atoms with Crippen molar-refractivity contribution in [1.29, 1.82) is 0 Å². The van der Waals surface area contributed by atoms with Gasteiger partial charge >= 0.3 is 0 Å². The molecule has 0 aliphatic carbocycles. The van der Waals surface area contributed by atoms with Crippen LogP contribution in [0.2, 0.25) is 0 Å². The first-order valence-corrected chi connectivity index (χ1v) is 7.44. The Morgan fingerprint density at radius 3 is 2.80 bits per heavy atom. The van der Waals surface area contributed by atoms with E-state index in [4.69, 9.17) is 0 Å². The molecule has 0 fully saturated rings. The number of halogens is 1. The van der Waals surface area contributed by atoms with E-state index in [1.54, 1.807) is 0 Å². The topological polar surface area (TPSA) is 50.9 Å². The van der Waals surface area contributed by atoms with Gasteiger partial charge in [-0.3, -0.25) is 0 Å². The first-order valence-electron chi connectivity index (χ1n) is 6.65. The molecule has 0 aliphatic heterocycles. The average molecular weight is 338 g/mol. The van der Waals surface area contributed by atoms with Gasteiger partial charge in [0.2, 0.25) is 0 Å². The monoisotopic (exact) mass is 337 g/mol. The first-order chi connectivity index (χ1) is 9.41. The van der Waals surface area contributed by atoms with Crippen molar-refractivity contribution in [1.82, 2.24) is 15.0 Å². The molecule has 0 saturated carbocycles. The van der Waals surface area contributed by atoms with Crippen LogP contribution < -0.4 is 0 Å². The summed E-state index contributed by atoms with van der Waals surface area (Å²) in [6.07, 6.45) is 2.67. The molecule has 1 aromatic carbocycles. The lowest BCUT2D eigenvalue weighted by atomic mass is 9.89. The molecule has 0 atom stereocenters. The molecule has 2 aromatic rings. The molecular weight excluding hydrogens is 318 g/mol. The Morgan fingerprint density at radius 1 is 1.35 bits per heavy atom. The molecular formula is C15H20BrN3O. The number of nitrogens with zero attached hydrogens (tertiary/aromatic N) is 3. The van der Waals surface area contributed by atoms with Crippen LogP contribution >= 0.6 is 15.9 Å². The second-order valence-corrected chi connectivity index (χ2v) is 6.75. The van der Waals surface area contributed by atoms with E-state index in [1.165, 1.54) is 11.1 Å². The number of hydrogen-bond donors (Lipinski definition) is 1. The SMILES string of the molecule is Cc1cccc(Cn2cc(CC(C)(C)CO)nn2)c1Br. The molecule has 1 aromatic heterocycles. The molecule has 0 saturated heterocycles. The molecule has 0 spiro atoms. The van der Waals surface area contributed by atoms with Crippen molar-refractivity contribution in [3.05, 3.63) is 45.7 Å². The summed E-state index contributed by atoms with van der Waals surface area (Å²) in [6.45, 7) is 6.94. The zero-order valence-electron chi connectivity index (χ0n) is 12.1. The van der Waals surface area contributed by atoms with Crippen LogP contribution in [0.5, 0.6) is 0 Å². The number of aliphatic hydroxyl groups excluding tert-OH is 1. The van der Waals surface area contributed by atoms with Crippen LogP contribution in [-0.4, -0.2) is 26.7 Å². The Bertz CT molecular complexity index is 593. The highest BCUT2D eigenvalue weighted by Gasteiger charge is 2.19. The highest BCUT2D eigenvalue weighted by atomic mass is 79.9. The van der Waals surface area contributed by atoms with E-state index in [0.29, 0.717) is 6.54 Å². The van der Waals surface area contributed by atoms with Gasteiger partial charge in [0.1, 0.15) is 0 Å². The predicted octanol–water partition coefficient (Wildman–Crippen LogP) is 2.96. The lowest BCUT2D eigenvalue weighted by Gasteiger charge is -2.19. The average Bonchev–Trinajstić information content (AvgIpc) is 2.82. The van der Waals surface area contributed by atoms with E-state index in [2.05, 4.69) is 45.3 Å². The number of aryl methyl sites for hydroxylation is 1. The Labute approximate surface area is 128 Å². The molecule has 1 N–H and O–H groups in total. The van der Waals surface area contributed by atoms with Gasteiger partial charge in [-0.25, -0.2) is 4.68 Å². The molecule has 4 nitrogen and oxygen atoms in total. The van der Waals surface area contributed by atoms with Gasteiger partial charge in [0.15, 0.2) is 0 Å². The zero-order valence-corrected chi connectivity index (χ0v) is 13.7. The highest BCUT2D eigenvalue weighted by molar-refractivity contribution is 9.10. The third-order valence-electron chi connectivity index (χ3n) is 3.28. The van der Waals surface area contributed by atoms with E-state index >= 15 is 0 Å². The summed E-state index contributed by atoms with van der Waals surface area (Å²) < 4.78 is 2.95. The van der Waals surface area contributed by atoms with E-state index in [9.17, 15) is 5.11 Å². The lowest BCUT2D eigenvalue weighted by Crippen LogP contribution is -2.19.